The average Bonchev–Trinajstić information content (AvgIpc) is 2.63. The summed E-state index contributed by atoms with van der Waals surface area (Å²) < 4.78 is 2.72. The molecule has 0 saturated heterocycles. The maximum absolute atomic E-state index is 11.7. The largest absolute Gasteiger partial charge is 0.352 e. The summed E-state index contributed by atoms with van der Waals surface area (Å²) in [5, 5.41) is 7.05. The molecule has 0 spiro atoms. The zero-order chi connectivity index (χ0) is 11.4. The van der Waals surface area contributed by atoms with Crippen LogP contribution < -0.4 is 5.32 Å². The number of carbonyl (C=O) groups is 1. The van der Waals surface area contributed by atoms with Gasteiger partial charge in [-0.2, -0.15) is 5.10 Å². The van der Waals surface area contributed by atoms with Crippen molar-refractivity contribution in [3.05, 3.63) is 16.0 Å². The minimum Gasteiger partial charge on any atom is -0.352 e. The van der Waals surface area contributed by atoms with Gasteiger partial charge in [0.2, 0.25) is 5.91 Å². The van der Waals surface area contributed by atoms with E-state index >= 15 is 0 Å². The Morgan fingerprint density at radius 3 is 2.80 bits per heavy atom. The number of nitrogens with one attached hydrogen (secondary N) is 1. The summed E-state index contributed by atoms with van der Waals surface area (Å²) in [5.74, 6) is 0.0175. The molecule has 0 radical (unpaired) electrons. The van der Waals surface area contributed by atoms with Gasteiger partial charge < -0.3 is 5.32 Å². The van der Waals surface area contributed by atoms with Crippen LogP contribution in [0.25, 0.3) is 0 Å². The number of aromatic nitrogens is 2. The van der Waals surface area contributed by atoms with Gasteiger partial charge >= 0.3 is 0 Å². The summed E-state index contributed by atoms with van der Waals surface area (Å²) in [4.78, 5) is 11.7. The van der Waals surface area contributed by atoms with Crippen LogP contribution in [-0.4, -0.2) is 21.7 Å². The number of nitrogens with zero attached hydrogens (tertiary/aromatic N) is 2. The summed E-state index contributed by atoms with van der Waals surface area (Å²) in [6, 6.07) is -0.0305. The number of halogens is 1. The molecular weight excluding hydrogens is 305 g/mol. The molecule has 0 aliphatic heterocycles. The van der Waals surface area contributed by atoms with Crippen LogP contribution in [0.4, 0.5) is 0 Å². The molecule has 5 heteroatoms. The third-order valence-corrected chi connectivity index (χ3v) is 2.90. The quantitative estimate of drug-likeness (QED) is 0.862. The minimum absolute atomic E-state index is 0.0175. The van der Waals surface area contributed by atoms with Gasteiger partial charge in [-0.15, -0.1) is 0 Å². The van der Waals surface area contributed by atoms with E-state index in [1.165, 1.54) is 0 Å². The summed E-state index contributed by atoms with van der Waals surface area (Å²) in [5.41, 5.74) is 0. The van der Waals surface area contributed by atoms with E-state index in [1.54, 1.807) is 10.9 Å². The van der Waals surface area contributed by atoms with Crippen LogP contribution >= 0.6 is 22.6 Å². The van der Waals surface area contributed by atoms with E-state index in [0.29, 0.717) is 0 Å². The van der Waals surface area contributed by atoms with E-state index in [9.17, 15) is 4.79 Å². The molecular formula is C10H16IN3O. The Labute approximate surface area is 104 Å². The molecule has 0 aliphatic carbocycles. The standard InChI is InChI=1S/C10H16IN3O/c1-4-7(2)13-10(15)8(3)14-6-9(11)5-12-14/h5-8H,4H2,1-3H3,(H,13,15). The highest BCUT2D eigenvalue weighted by Gasteiger charge is 2.16. The normalized spacial score (nSPS) is 14.7. The van der Waals surface area contributed by atoms with E-state index < -0.39 is 0 Å². The zero-order valence-electron chi connectivity index (χ0n) is 9.20. The highest BCUT2D eigenvalue weighted by Crippen LogP contribution is 2.08. The molecule has 2 unspecified atom stereocenters. The van der Waals surface area contributed by atoms with Crippen molar-refractivity contribution in [1.82, 2.24) is 15.1 Å². The first-order chi connectivity index (χ1) is 7.04. The number of amides is 1. The molecule has 15 heavy (non-hydrogen) atoms. The highest BCUT2D eigenvalue weighted by atomic mass is 127. The van der Waals surface area contributed by atoms with Crippen molar-refractivity contribution in [3.63, 3.8) is 0 Å². The van der Waals surface area contributed by atoms with Gasteiger partial charge in [-0.25, -0.2) is 0 Å². The molecule has 2 atom stereocenters. The fourth-order valence-corrected chi connectivity index (χ4v) is 1.52. The Hall–Kier alpha value is -0.590. The summed E-state index contributed by atoms with van der Waals surface area (Å²) >= 11 is 2.18. The van der Waals surface area contributed by atoms with Gasteiger partial charge in [0.05, 0.1) is 9.77 Å². The van der Waals surface area contributed by atoms with Gasteiger partial charge in [0.15, 0.2) is 0 Å². The van der Waals surface area contributed by atoms with Crippen molar-refractivity contribution in [2.45, 2.75) is 39.3 Å². The molecule has 4 nitrogen and oxygen atoms in total. The summed E-state index contributed by atoms with van der Waals surface area (Å²) in [6.45, 7) is 5.89. The molecule has 0 fully saturated rings. The van der Waals surface area contributed by atoms with Crippen LogP contribution in [0.2, 0.25) is 0 Å². The van der Waals surface area contributed by atoms with Crippen molar-refractivity contribution in [1.29, 1.82) is 0 Å². The van der Waals surface area contributed by atoms with Crippen LogP contribution in [0, 0.1) is 3.57 Å². The number of rotatable bonds is 4. The molecule has 1 aromatic rings. The average molecular weight is 321 g/mol. The predicted molar refractivity (Wildman–Crippen MR) is 67.6 cm³/mol. The fraction of sp³-hybridized carbons (Fsp3) is 0.600. The number of carbonyl (C=O) groups excluding carboxylic acids is 1. The third-order valence-electron chi connectivity index (χ3n) is 2.35. The van der Waals surface area contributed by atoms with E-state index in [1.807, 2.05) is 27.0 Å². The first kappa shape index (κ1) is 12.5. The van der Waals surface area contributed by atoms with Gasteiger partial charge in [-0.3, -0.25) is 9.48 Å². The highest BCUT2D eigenvalue weighted by molar-refractivity contribution is 14.1. The van der Waals surface area contributed by atoms with Gasteiger partial charge in [-0.1, -0.05) is 6.92 Å². The SMILES string of the molecule is CCC(C)NC(=O)C(C)n1cc(I)cn1. The van der Waals surface area contributed by atoms with Crippen LogP contribution in [0.15, 0.2) is 12.4 Å². The Morgan fingerprint density at radius 2 is 2.33 bits per heavy atom. The van der Waals surface area contributed by atoms with Crippen molar-refractivity contribution in [3.8, 4) is 0 Å². The lowest BCUT2D eigenvalue weighted by Gasteiger charge is -2.16. The van der Waals surface area contributed by atoms with Crippen LogP contribution in [0.3, 0.4) is 0 Å². The molecule has 1 rings (SSSR count). The van der Waals surface area contributed by atoms with E-state index in [-0.39, 0.29) is 18.0 Å². The first-order valence-corrected chi connectivity index (χ1v) is 6.12. The summed E-state index contributed by atoms with van der Waals surface area (Å²) in [6.07, 6.45) is 4.55. The zero-order valence-corrected chi connectivity index (χ0v) is 11.4. The Morgan fingerprint density at radius 1 is 1.67 bits per heavy atom. The second-order valence-corrected chi connectivity index (χ2v) is 4.88. The smallest absolute Gasteiger partial charge is 0.244 e. The molecule has 0 saturated carbocycles. The Kier molecular flexibility index (Phi) is 4.56. The number of hydrogen-bond acceptors (Lipinski definition) is 2. The van der Waals surface area contributed by atoms with Crippen LogP contribution in [-0.2, 0) is 4.79 Å². The van der Waals surface area contributed by atoms with Gasteiger partial charge in [0.25, 0.3) is 0 Å². The Balaban J connectivity index is 2.60. The van der Waals surface area contributed by atoms with Gasteiger partial charge in [-0.05, 0) is 42.9 Å². The predicted octanol–water partition coefficient (Wildman–Crippen LogP) is 1.96. The lowest BCUT2D eigenvalue weighted by atomic mass is 10.2. The molecule has 1 amide bonds. The third kappa shape index (κ3) is 3.48. The van der Waals surface area contributed by atoms with Crippen LogP contribution in [0.1, 0.15) is 33.2 Å². The van der Waals surface area contributed by atoms with E-state index in [2.05, 4.69) is 33.0 Å². The topological polar surface area (TPSA) is 46.9 Å². The Bertz CT molecular complexity index is 337. The lowest BCUT2D eigenvalue weighted by Crippen LogP contribution is -2.37. The summed E-state index contributed by atoms with van der Waals surface area (Å²) in [7, 11) is 0. The van der Waals surface area contributed by atoms with Crippen molar-refractivity contribution >= 4 is 28.5 Å². The maximum atomic E-state index is 11.7. The van der Waals surface area contributed by atoms with Crippen molar-refractivity contribution < 1.29 is 4.79 Å². The molecule has 84 valence electrons. The first-order valence-electron chi connectivity index (χ1n) is 5.04. The van der Waals surface area contributed by atoms with Gasteiger partial charge in [0, 0.05) is 12.2 Å². The minimum atomic E-state index is -0.248. The monoisotopic (exact) mass is 321 g/mol. The van der Waals surface area contributed by atoms with Crippen molar-refractivity contribution in [2.75, 3.05) is 0 Å². The second-order valence-electron chi connectivity index (χ2n) is 3.63. The van der Waals surface area contributed by atoms with E-state index in [0.717, 1.165) is 9.99 Å². The second kappa shape index (κ2) is 5.48. The molecule has 0 aliphatic rings. The van der Waals surface area contributed by atoms with Crippen LogP contribution in [0.5, 0.6) is 0 Å². The van der Waals surface area contributed by atoms with E-state index in [4.69, 9.17) is 0 Å². The maximum Gasteiger partial charge on any atom is 0.244 e. The van der Waals surface area contributed by atoms with Gasteiger partial charge in [0.1, 0.15) is 6.04 Å². The van der Waals surface area contributed by atoms with Crippen molar-refractivity contribution in [2.24, 2.45) is 0 Å². The molecule has 1 N–H and O–H groups in total. The molecule has 1 heterocycles. The molecule has 1 aromatic heterocycles. The molecule has 0 aromatic carbocycles. The lowest BCUT2D eigenvalue weighted by molar-refractivity contribution is -0.124. The number of hydrogen-bond donors (Lipinski definition) is 1. The molecule has 0 bridgehead atoms. The fourth-order valence-electron chi connectivity index (χ4n) is 1.11.